The van der Waals surface area contributed by atoms with Gasteiger partial charge in [-0.1, -0.05) is 6.92 Å². The summed E-state index contributed by atoms with van der Waals surface area (Å²) < 4.78 is 26.0. The SMILES string of the molecule is CC(=O)OC[C@H]1OC(OC(C)=O)[C@H](C)[C@@H](OC(C)=O)[C@H]1OC(C)=O. The monoisotopic (exact) mass is 346 g/mol. The van der Waals surface area contributed by atoms with E-state index < -0.39 is 54.4 Å². The van der Waals surface area contributed by atoms with E-state index in [4.69, 9.17) is 23.7 Å². The molecule has 0 spiro atoms. The summed E-state index contributed by atoms with van der Waals surface area (Å²) >= 11 is 0. The van der Waals surface area contributed by atoms with Crippen LogP contribution in [0.25, 0.3) is 0 Å². The zero-order valence-corrected chi connectivity index (χ0v) is 14.3. The van der Waals surface area contributed by atoms with Gasteiger partial charge in [0.1, 0.15) is 18.8 Å². The second kappa shape index (κ2) is 8.62. The van der Waals surface area contributed by atoms with Crippen LogP contribution >= 0.6 is 0 Å². The molecule has 1 aliphatic rings. The van der Waals surface area contributed by atoms with Gasteiger partial charge < -0.3 is 23.7 Å². The van der Waals surface area contributed by atoms with Gasteiger partial charge in [-0.2, -0.15) is 0 Å². The second-order valence-corrected chi connectivity index (χ2v) is 5.46. The lowest BCUT2D eigenvalue weighted by atomic mass is 9.92. The molecule has 0 radical (unpaired) electrons. The molecular formula is C15H22O9. The Balaban J connectivity index is 3.08. The van der Waals surface area contributed by atoms with Gasteiger partial charge in [0, 0.05) is 27.7 Å². The van der Waals surface area contributed by atoms with Crippen molar-refractivity contribution < 1.29 is 42.9 Å². The Kier molecular flexibility index (Phi) is 7.15. The van der Waals surface area contributed by atoms with Gasteiger partial charge in [-0.25, -0.2) is 0 Å². The second-order valence-electron chi connectivity index (χ2n) is 5.46. The summed E-state index contributed by atoms with van der Waals surface area (Å²) in [4.78, 5) is 45.1. The summed E-state index contributed by atoms with van der Waals surface area (Å²) in [5.41, 5.74) is 0. The van der Waals surface area contributed by atoms with Crippen molar-refractivity contribution in [2.75, 3.05) is 6.61 Å². The van der Waals surface area contributed by atoms with Crippen LogP contribution in [0.5, 0.6) is 0 Å². The minimum Gasteiger partial charge on any atom is -0.463 e. The van der Waals surface area contributed by atoms with Crippen molar-refractivity contribution in [3.05, 3.63) is 0 Å². The predicted molar refractivity (Wildman–Crippen MR) is 77.3 cm³/mol. The molecule has 0 amide bonds. The van der Waals surface area contributed by atoms with Crippen LogP contribution in [0.4, 0.5) is 0 Å². The third-order valence-corrected chi connectivity index (χ3v) is 3.28. The number of ether oxygens (including phenoxy) is 5. The average molecular weight is 346 g/mol. The van der Waals surface area contributed by atoms with Crippen LogP contribution in [0.3, 0.4) is 0 Å². The molecule has 1 saturated heterocycles. The van der Waals surface area contributed by atoms with Crippen molar-refractivity contribution in [2.24, 2.45) is 5.92 Å². The normalized spacial score (nSPS) is 29.3. The van der Waals surface area contributed by atoms with Crippen molar-refractivity contribution in [3.63, 3.8) is 0 Å². The molecule has 0 saturated carbocycles. The van der Waals surface area contributed by atoms with Gasteiger partial charge in [-0.05, 0) is 0 Å². The molecule has 136 valence electrons. The highest BCUT2D eigenvalue weighted by molar-refractivity contribution is 5.68. The van der Waals surface area contributed by atoms with Crippen molar-refractivity contribution in [1.82, 2.24) is 0 Å². The highest BCUT2D eigenvalue weighted by atomic mass is 16.7. The average Bonchev–Trinajstić information content (AvgIpc) is 2.42. The zero-order valence-electron chi connectivity index (χ0n) is 14.3. The maximum Gasteiger partial charge on any atom is 0.304 e. The van der Waals surface area contributed by atoms with E-state index in [2.05, 4.69) is 0 Å². The Bertz CT molecular complexity index is 485. The van der Waals surface area contributed by atoms with E-state index in [1.54, 1.807) is 6.92 Å². The minimum absolute atomic E-state index is 0.254. The van der Waals surface area contributed by atoms with Crippen molar-refractivity contribution >= 4 is 23.9 Å². The summed E-state index contributed by atoms with van der Waals surface area (Å²) in [6.45, 7) is 6.18. The molecule has 0 aromatic heterocycles. The largest absolute Gasteiger partial charge is 0.463 e. The lowest BCUT2D eigenvalue weighted by Gasteiger charge is -2.43. The summed E-state index contributed by atoms with van der Waals surface area (Å²) in [6.07, 6.45) is -3.93. The van der Waals surface area contributed by atoms with E-state index in [-0.39, 0.29) is 6.61 Å². The Hall–Kier alpha value is -2.16. The first-order valence-corrected chi connectivity index (χ1v) is 7.42. The maximum absolute atomic E-state index is 11.4. The fourth-order valence-electron chi connectivity index (χ4n) is 2.37. The fourth-order valence-corrected chi connectivity index (χ4v) is 2.37. The van der Waals surface area contributed by atoms with Crippen molar-refractivity contribution in [2.45, 2.75) is 59.2 Å². The molecule has 0 bridgehead atoms. The Morgan fingerprint density at radius 1 is 0.792 bits per heavy atom. The quantitative estimate of drug-likeness (QED) is 0.513. The molecule has 9 nitrogen and oxygen atoms in total. The van der Waals surface area contributed by atoms with Crippen LogP contribution < -0.4 is 0 Å². The maximum atomic E-state index is 11.4. The van der Waals surface area contributed by atoms with Gasteiger partial charge >= 0.3 is 23.9 Å². The first kappa shape index (κ1) is 19.9. The number of hydrogen-bond donors (Lipinski definition) is 0. The number of hydrogen-bond acceptors (Lipinski definition) is 9. The van der Waals surface area contributed by atoms with Crippen LogP contribution in [0.2, 0.25) is 0 Å². The first-order chi connectivity index (χ1) is 11.1. The fraction of sp³-hybridized carbons (Fsp3) is 0.733. The number of carbonyl (C=O) groups is 4. The van der Waals surface area contributed by atoms with E-state index in [9.17, 15) is 19.2 Å². The molecule has 0 aliphatic carbocycles. The molecule has 1 rings (SSSR count). The van der Waals surface area contributed by atoms with E-state index in [0.29, 0.717) is 0 Å². The van der Waals surface area contributed by atoms with Gasteiger partial charge in [0.15, 0.2) is 6.10 Å². The Labute approximate surface area is 139 Å². The summed E-state index contributed by atoms with van der Waals surface area (Å²) in [7, 11) is 0. The van der Waals surface area contributed by atoms with Crippen molar-refractivity contribution in [3.8, 4) is 0 Å². The van der Waals surface area contributed by atoms with Crippen LogP contribution in [-0.2, 0) is 42.9 Å². The smallest absolute Gasteiger partial charge is 0.304 e. The van der Waals surface area contributed by atoms with Gasteiger partial charge in [0.2, 0.25) is 6.29 Å². The van der Waals surface area contributed by atoms with E-state index in [0.717, 1.165) is 0 Å². The summed E-state index contributed by atoms with van der Waals surface area (Å²) in [6, 6.07) is 0. The van der Waals surface area contributed by atoms with Crippen LogP contribution in [-0.4, -0.2) is 55.1 Å². The number of esters is 4. The molecule has 24 heavy (non-hydrogen) atoms. The van der Waals surface area contributed by atoms with Crippen LogP contribution in [0.15, 0.2) is 0 Å². The third kappa shape index (κ3) is 5.80. The molecule has 0 N–H and O–H groups in total. The molecule has 0 aromatic carbocycles. The van der Waals surface area contributed by atoms with Crippen LogP contribution in [0, 0.1) is 5.92 Å². The topological polar surface area (TPSA) is 114 Å². The van der Waals surface area contributed by atoms with Crippen molar-refractivity contribution in [1.29, 1.82) is 0 Å². The van der Waals surface area contributed by atoms with Crippen LogP contribution in [0.1, 0.15) is 34.6 Å². The van der Waals surface area contributed by atoms with Gasteiger partial charge in [0.05, 0.1) is 5.92 Å². The summed E-state index contributed by atoms with van der Waals surface area (Å²) in [5, 5.41) is 0. The molecule has 9 heteroatoms. The Morgan fingerprint density at radius 3 is 1.75 bits per heavy atom. The molecule has 1 fully saturated rings. The van der Waals surface area contributed by atoms with Gasteiger partial charge in [-0.3, -0.25) is 19.2 Å². The van der Waals surface area contributed by atoms with Gasteiger partial charge in [0.25, 0.3) is 0 Å². The highest BCUT2D eigenvalue weighted by Crippen LogP contribution is 2.31. The van der Waals surface area contributed by atoms with Gasteiger partial charge in [-0.15, -0.1) is 0 Å². The lowest BCUT2D eigenvalue weighted by molar-refractivity contribution is -0.281. The molecule has 1 aliphatic heterocycles. The summed E-state index contributed by atoms with van der Waals surface area (Å²) in [5.74, 6) is -2.97. The Morgan fingerprint density at radius 2 is 1.29 bits per heavy atom. The highest BCUT2D eigenvalue weighted by Gasteiger charge is 2.49. The predicted octanol–water partition coefficient (Wildman–Crippen LogP) is 0.337. The lowest BCUT2D eigenvalue weighted by Crippen LogP contribution is -2.58. The van der Waals surface area contributed by atoms with E-state index in [1.807, 2.05) is 0 Å². The van der Waals surface area contributed by atoms with E-state index in [1.165, 1.54) is 27.7 Å². The molecular weight excluding hydrogens is 324 g/mol. The zero-order chi connectivity index (χ0) is 18.4. The first-order valence-electron chi connectivity index (χ1n) is 7.42. The standard InChI is InChI=1S/C15H22O9/c1-7-13(21-9(3)17)14(22-10(4)18)12(6-20-8(2)16)24-15(7)23-11(5)19/h7,12-15H,6H2,1-5H3/t7-,12-,13-,14+,15?/m1/s1. The molecule has 1 unspecified atom stereocenters. The minimum atomic E-state index is -1.04. The molecule has 5 atom stereocenters. The number of rotatable bonds is 5. The molecule has 0 aromatic rings. The third-order valence-electron chi connectivity index (χ3n) is 3.28. The van der Waals surface area contributed by atoms with E-state index >= 15 is 0 Å². The molecule has 1 heterocycles. The number of carbonyl (C=O) groups excluding carboxylic acids is 4.